The van der Waals surface area contributed by atoms with Gasteiger partial charge in [-0.15, -0.1) is 0 Å². The van der Waals surface area contributed by atoms with E-state index in [2.05, 4.69) is 31.1 Å². The Balaban J connectivity index is 2.27. The highest BCUT2D eigenvalue weighted by Gasteiger charge is 2.26. The van der Waals surface area contributed by atoms with E-state index in [1.807, 2.05) is 0 Å². The minimum atomic E-state index is -2.82. The maximum atomic E-state index is 11.0. The summed E-state index contributed by atoms with van der Waals surface area (Å²) in [4.78, 5) is 2.33. The molecule has 1 heterocycles. The number of rotatable bonds is 5. The van der Waals surface area contributed by atoms with Crippen LogP contribution in [0.1, 0.15) is 26.7 Å². The zero-order valence-corrected chi connectivity index (χ0v) is 11.5. The van der Waals surface area contributed by atoms with E-state index < -0.39 is 9.84 Å². The minimum absolute atomic E-state index is 0.276. The van der Waals surface area contributed by atoms with Crippen molar-refractivity contribution < 1.29 is 8.42 Å². The second kappa shape index (κ2) is 5.47. The van der Waals surface area contributed by atoms with E-state index in [-0.39, 0.29) is 11.8 Å². The van der Waals surface area contributed by atoms with E-state index in [0.29, 0.717) is 18.5 Å². The van der Waals surface area contributed by atoms with Crippen molar-refractivity contribution in [2.75, 3.05) is 25.6 Å². The SMILES string of the molecule is CC(CCS(C)(=O)=O)NC1CC(C)N(C)C1. The number of likely N-dealkylation sites (tertiary alicyclic amines) is 1. The lowest BCUT2D eigenvalue weighted by Gasteiger charge is -2.18. The Morgan fingerprint density at radius 2 is 2.12 bits per heavy atom. The molecule has 1 aliphatic heterocycles. The molecule has 1 aliphatic rings. The van der Waals surface area contributed by atoms with Gasteiger partial charge in [0, 0.05) is 30.9 Å². The van der Waals surface area contributed by atoms with Gasteiger partial charge in [0.15, 0.2) is 0 Å². The van der Waals surface area contributed by atoms with Crippen molar-refractivity contribution in [1.29, 1.82) is 0 Å². The highest BCUT2D eigenvalue weighted by molar-refractivity contribution is 7.90. The molecule has 0 amide bonds. The van der Waals surface area contributed by atoms with E-state index >= 15 is 0 Å². The number of hydrogen-bond donors (Lipinski definition) is 1. The second-order valence-corrected chi connectivity index (χ2v) is 7.47. The van der Waals surface area contributed by atoms with Gasteiger partial charge in [0.2, 0.25) is 0 Å². The van der Waals surface area contributed by atoms with Crippen molar-refractivity contribution in [3.8, 4) is 0 Å². The summed E-state index contributed by atoms with van der Waals surface area (Å²) in [5, 5.41) is 3.51. The topological polar surface area (TPSA) is 49.4 Å². The number of likely N-dealkylation sites (N-methyl/N-ethyl adjacent to an activating group) is 1. The molecule has 0 aromatic rings. The van der Waals surface area contributed by atoms with Gasteiger partial charge in [0.1, 0.15) is 9.84 Å². The fourth-order valence-electron chi connectivity index (χ4n) is 2.19. The monoisotopic (exact) mass is 248 g/mol. The van der Waals surface area contributed by atoms with E-state index in [4.69, 9.17) is 0 Å². The summed E-state index contributed by atoms with van der Waals surface area (Å²) in [6.45, 7) is 5.35. The van der Waals surface area contributed by atoms with E-state index in [1.165, 1.54) is 6.26 Å². The zero-order chi connectivity index (χ0) is 12.3. The van der Waals surface area contributed by atoms with Gasteiger partial charge in [-0.3, -0.25) is 0 Å². The summed E-state index contributed by atoms with van der Waals surface area (Å²) in [6.07, 6.45) is 3.15. The molecule has 5 heteroatoms. The van der Waals surface area contributed by atoms with Crippen molar-refractivity contribution in [3.05, 3.63) is 0 Å². The molecular formula is C11H24N2O2S. The Kier molecular flexibility index (Phi) is 4.76. The van der Waals surface area contributed by atoms with Gasteiger partial charge < -0.3 is 10.2 Å². The van der Waals surface area contributed by atoms with E-state index in [1.54, 1.807) is 0 Å². The molecular weight excluding hydrogens is 224 g/mol. The van der Waals surface area contributed by atoms with Crippen LogP contribution in [0.15, 0.2) is 0 Å². The Bertz CT molecular complexity index is 306. The molecule has 4 nitrogen and oxygen atoms in total. The normalized spacial score (nSPS) is 29.5. The molecule has 1 saturated heterocycles. The average Bonchev–Trinajstić information content (AvgIpc) is 2.41. The van der Waals surface area contributed by atoms with Crippen molar-refractivity contribution in [2.24, 2.45) is 0 Å². The van der Waals surface area contributed by atoms with Crippen LogP contribution in [0.5, 0.6) is 0 Å². The van der Waals surface area contributed by atoms with Crippen molar-refractivity contribution in [2.45, 2.75) is 44.8 Å². The standard InChI is InChI=1S/C11H24N2O2S/c1-9(5-6-16(4,14)15)12-11-7-10(2)13(3)8-11/h9-12H,5-8H2,1-4H3. The first-order chi connectivity index (χ1) is 7.28. The summed E-state index contributed by atoms with van der Waals surface area (Å²) in [5.74, 6) is 0.277. The van der Waals surface area contributed by atoms with Gasteiger partial charge in [0.05, 0.1) is 5.75 Å². The molecule has 1 N–H and O–H groups in total. The molecule has 0 radical (unpaired) electrons. The van der Waals surface area contributed by atoms with Crippen molar-refractivity contribution in [3.63, 3.8) is 0 Å². The maximum Gasteiger partial charge on any atom is 0.147 e. The summed E-state index contributed by atoms with van der Waals surface area (Å²) in [5.41, 5.74) is 0. The fourth-order valence-corrected chi connectivity index (χ4v) is 2.97. The van der Waals surface area contributed by atoms with Crippen LogP contribution in [-0.2, 0) is 9.84 Å². The minimum Gasteiger partial charge on any atom is -0.310 e. The number of nitrogens with one attached hydrogen (secondary N) is 1. The van der Waals surface area contributed by atoms with Gasteiger partial charge >= 0.3 is 0 Å². The number of hydrogen-bond acceptors (Lipinski definition) is 4. The Hall–Kier alpha value is -0.130. The van der Waals surface area contributed by atoms with Gasteiger partial charge in [-0.1, -0.05) is 0 Å². The highest BCUT2D eigenvalue weighted by atomic mass is 32.2. The molecule has 96 valence electrons. The van der Waals surface area contributed by atoms with Gasteiger partial charge in [0.25, 0.3) is 0 Å². The van der Waals surface area contributed by atoms with Gasteiger partial charge in [-0.05, 0) is 33.7 Å². The molecule has 0 spiro atoms. The highest BCUT2D eigenvalue weighted by Crippen LogP contribution is 2.15. The molecule has 0 aliphatic carbocycles. The lowest BCUT2D eigenvalue weighted by molar-refractivity contribution is 0.324. The van der Waals surface area contributed by atoms with Gasteiger partial charge in [-0.2, -0.15) is 0 Å². The molecule has 3 unspecified atom stereocenters. The first-order valence-electron chi connectivity index (χ1n) is 5.92. The number of sulfone groups is 1. The van der Waals surface area contributed by atoms with Crippen LogP contribution in [0.25, 0.3) is 0 Å². The lowest BCUT2D eigenvalue weighted by Crippen LogP contribution is -2.38. The number of nitrogens with zero attached hydrogens (tertiary/aromatic N) is 1. The zero-order valence-electron chi connectivity index (χ0n) is 10.7. The van der Waals surface area contributed by atoms with Crippen molar-refractivity contribution in [1.82, 2.24) is 10.2 Å². The van der Waals surface area contributed by atoms with Gasteiger partial charge in [-0.25, -0.2) is 8.42 Å². The average molecular weight is 248 g/mol. The predicted octanol–water partition coefficient (Wildman–Crippen LogP) is 0.492. The molecule has 3 atom stereocenters. The largest absolute Gasteiger partial charge is 0.310 e. The maximum absolute atomic E-state index is 11.0. The summed E-state index contributed by atoms with van der Waals surface area (Å²) in [6, 6.07) is 1.41. The van der Waals surface area contributed by atoms with Crippen LogP contribution >= 0.6 is 0 Å². The van der Waals surface area contributed by atoms with Crippen molar-refractivity contribution >= 4 is 9.84 Å². The molecule has 0 saturated carbocycles. The Labute approximate surface area is 99.3 Å². The Morgan fingerprint density at radius 1 is 1.50 bits per heavy atom. The second-order valence-electron chi connectivity index (χ2n) is 5.21. The summed E-state index contributed by atoms with van der Waals surface area (Å²) in [7, 11) is -0.692. The third-order valence-corrected chi connectivity index (χ3v) is 4.31. The lowest BCUT2D eigenvalue weighted by atomic mass is 10.1. The molecule has 16 heavy (non-hydrogen) atoms. The van der Waals surface area contributed by atoms with E-state index in [0.717, 1.165) is 13.0 Å². The van der Waals surface area contributed by atoms with Crippen LogP contribution in [0.2, 0.25) is 0 Å². The van der Waals surface area contributed by atoms with Crippen LogP contribution in [0.3, 0.4) is 0 Å². The third-order valence-electron chi connectivity index (χ3n) is 3.33. The molecule has 0 bridgehead atoms. The molecule has 1 rings (SSSR count). The van der Waals surface area contributed by atoms with E-state index in [9.17, 15) is 8.42 Å². The first-order valence-corrected chi connectivity index (χ1v) is 7.98. The molecule has 0 aromatic carbocycles. The smallest absolute Gasteiger partial charge is 0.147 e. The van der Waals surface area contributed by atoms with Crippen LogP contribution < -0.4 is 5.32 Å². The summed E-state index contributed by atoms with van der Waals surface area (Å²) < 4.78 is 22.1. The molecule has 0 aromatic heterocycles. The summed E-state index contributed by atoms with van der Waals surface area (Å²) >= 11 is 0. The predicted molar refractivity (Wildman–Crippen MR) is 67.4 cm³/mol. The van der Waals surface area contributed by atoms with Crippen LogP contribution in [0, 0.1) is 0 Å². The Morgan fingerprint density at radius 3 is 2.56 bits per heavy atom. The first kappa shape index (κ1) is 13.9. The quantitative estimate of drug-likeness (QED) is 0.769. The fraction of sp³-hybridized carbons (Fsp3) is 1.00. The van der Waals surface area contributed by atoms with Crippen LogP contribution in [0.4, 0.5) is 0 Å². The molecule has 1 fully saturated rings. The third kappa shape index (κ3) is 4.80. The van der Waals surface area contributed by atoms with Crippen LogP contribution in [-0.4, -0.2) is 57.0 Å².